The maximum absolute atomic E-state index is 12.3. The van der Waals surface area contributed by atoms with Gasteiger partial charge in [0.15, 0.2) is 0 Å². The third kappa shape index (κ3) is 7.95. The van der Waals surface area contributed by atoms with Gasteiger partial charge in [-0.2, -0.15) is 0 Å². The van der Waals surface area contributed by atoms with Gasteiger partial charge in [-0.05, 0) is 55.8 Å². The molecule has 33 heavy (non-hydrogen) atoms. The lowest BCUT2D eigenvalue weighted by molar-refractivity contribution is -0.126. The van der Waals surface area contributed by atoms with Crippen molar-refractivity contribution >= 4 is 23.6 Å². The molecule has 7 nitrogen and oxygen atoms in total. The average molecular weight is 451 g/mol. The van der Waals surface area contributed by atoms with Gasteiger partial charge in [-0.1, -0.05) is 30.3 Å². The van der Waals surface area contributed by atoms with Gasteiger partial charge in [0, 0.05) is 44.5 Å². The van der Waals surface area contributed by atoms with Crippen molar-refractivity contribution in [3.05, 3.63) is 66.2 Å². The summed E-state index contributed by atoms with van der Waals surface area (Å²) in [4.78, 5) is 29.2. The topological polar surface area (TPSA) is 73.9 Å². The molecule has 2 aromatic carbocycles. The number of para-hydroxylation sites is 1. The zero-order valence-corrected chi connectivity index (χ0v) is 19.5. The van der Waals surface area contributed by atoms with Crippen molar-refractivity contribution in [2.75, 3.05) is 51.3 Å². The van der Waals surface area contributed by atoms with Crippen molar-refractivity contribution in [3.63, 3.8) is 0 Å². The Morgan fingerprint density at radius 2 is 1.73 bits per heavy atom. The number of carbonyl (C=O) groups excluding carboxylic acids is 2. The zero-order chi connectivity index (χ0) is 23.5. The largest absolute Gasteiger partial charge is 0.497 e. The molecule has 0 radical (unpaired) electrons. The van der Waals surface area contributed by atoms with E-state index >= 15 is 0 Å². The first kappa shape index (κ1) is 24.3. The highest BCUT2D eigenvalue weighted by molar-refractivity contribution is 5.95. The molecule has 1 aliphatic rings. The number of rotatable bonds is 10. The number of nitrogens with one attached hydrogen (secondary N) is 2. The summed E-state index contributed by atoms with van der Waals surface area (Å²) in [6.45, 7) is 7.32. The van der Waals surface area contributed by atoms with Crippen molar-refractivity contribution in [2.24, 2.45) is 0 Å². The number of carbonyl (C=O) groups is 2. The Hall–Kier alpha value is -3.32. The van der Waals surface area contributed by atoms with E-state index in [0.717, 1.165) is 50.5 Å². The molecule has 1 atom stereocenters. The van der Waals surface area contributed by atoms with Gasteiger partial charge in [-0.25, -0.2) is 0 Å². The van der Waals surface area contributed by atoms with Crippen molar-refractivity contribution in [3.8, 4) is 5.75 Å². The van der Waals surface area contributed by atoms with Gasteiger partial charge in [0.25, 0.3) is 0 Å². The number of methoxy groups -OCH3 is 1. The smallest absolute Gasteiger partial charge is 0.244 e. The molecule has 0 bridgehead atoms. The van der Waals surface area contributed by atoms with Crippen LogP contribution in [-0.4, -0.2) is 69.1 Å². The van der Waals surface area contributed by atoms with E-state index in [1.54, 1.807) is 20.1 Å². The molecular formula is C26H34N4O3. The van der Waals surface area contributed by atoms with Crippen LogP contribution in [0, 0.1) is 0 Å². The first-order chi connectivity index (χ1) is 16.0. The van der Waals surface area contributed by atoms with Gasteiger partial charge >= 0.3 is 0 Å². The number of piperazine rings is 1. The third-order valence-electron chi connectivity index (χ3n) is 5.74. The summed E-state index contributed by atoms with van der Waals surface area (Å²) < 4.78 is 5.12. The SMILES string of the molecule is COc1ccc(/C=C/C(=O)NC(C)C(=O)NCCCN2CCN(c3ccccc3)CC2)cc1. The molecule has 1 saturated heterocycles. The molecule has 0 spiro atoms. The summed E-state index contributed by atoms with van der Waals surface area (Å²) in [5, 5.41) is 5.62. The normalized spacial score (nSPS) is 15.3. The summed E-state index contributed by atoms with van der Waals surface area (Å²) in [6.07, 6.45) is 4.02. The number of hydrogen-bond donors (Lipinski definition) is 2. The molecule has 2 aromatic rings. The van der Waals surface area contributed by atoms with E-state index < -0.39 is 6.04 Å². The average Bonchev–Trinajstić information content (AvgIpc) is 2.86. The molecule has 1 unspecified atom stereocenters. The third-order valence-corrected chi connectivity index (χ3v) is 5.74. The molecule has 0 aromatic heterocycles. The summed E-state index contributed by atoms with van der Waals surface area (Å²) in [5.74, 6) is 0.288. The van der Waals surface area contributed by atoms with E-state index in [1.165, 1.54) is 11.8 Å². The first-order valence-electron chi connectivity index (χ1n) is 11.5. The van der Waals surface area contributed by atoms with Crippen LogP contribution in [0.5, 0.6) is 5.75 Å². The van der Waals surface area contributed by atoms with Gasteiger partial charge in [-0.15, -0.1) is 0 Å². The fraction of sp³-hybridized carbons (Fsp3) is 0.385. The predicted octanol–water partition coefficient (Wildman–Crippen LogP) is 2.54. The Balaban J connectivity index is 1.29. The number of hydrogen-bond acceptors (Lipinski definition) is 5. The molecule has 1 heterocycles. The van der Waals surface area contributed by atoms with E-state index in [1.807, 2.05) is 30.3 Å². The van der Waals surface area contributed by atoms with Crippen LogP contribution in [-0.2, 0) is 9.59 Å². The Labute approximate surface area is 196 Å². The van der Waals surface area contributed by atoms with Gasteiger partial charge in [-0.3, -0.25) is 14.5 Å². The molecule has 2 amide bonds. The molecule has 176 valence electrons. The van der Waals surface area contributed by atoms with Gasteiger partial charge < -0.3 is 20.3 Å². The molecule has 3 rings (SSSR count). The number of benzene rings is 2. The number of nitrogens with zero attached hydrogens (tertiary/aromatic N) is 2. The van der Waals surface area contributed by atoms with Crippen molar-refractivity contribution in [1.82, 2.24) is 15.5 Å². The van der Waals surface area contributed by atoms with Crippen molar-refractivity contribution in [2.45, 2.75) is 19.4 Å². The second-order valence-corrected chi connectivity index (χ2v) is 8.15. The van der Waals surface area contributed by atoms with Crippen LogP contribution in [0.25, 0.3) is 6.08 Å². The van der Waals surface area contributed by atoms with Gasteiger partial charge in [0.05, 0.1) is 7.11 Å². The highest BCUT2D eigenvalue weighted by atomic mass is 16.5. The van der Waals surface area contributed by atoms with Crippen molar-refractivity contribution < 1.29 is 14.3 Å². The summed E-state index contributed by atoms with van der Waals surface area (Å²) in [5.41, 5.74) is 2.16. The summed E-state index contributed by atoms with van der Waals surface area (Å²) in [6, 6.07) is 17.3. The maximum atomic E-state index is 12.3. The minimum atomic E-state index is -0.590. The Morgan fingerprint density at radius 3 is 2.39 bits per heavy atom. The van der Waals surface area contributed by atoms with Crippen LogP contribution in [0.4, 0.5) is 5.69 Å². The van der Waals surface area contributed by atoms with Gasteiger partial charge in [0.1, 0.15) is 11.8 Å². The predicted molar refractivity (Wildman–Crippen MR) is 132 cm³/mol. The minimum Gasteiger partial charge on any atom is -0.497 e. The zero-order valence-electron chi connectivity index (χ0n) is 19.5. The fourth-order valence-corrected chi connectivity index (χ4v) is 3.75. The lowest BCUT2D eigenvalue weighted by Crippen LogP contribution is -2.47. The molecule has 2 N–H and O–H groups in total. The molecule has 0 aliphatic carbocycles. The van der Waals surface area contributed by atoms with Gasteiger partial charge in [0.2, 0.25) is 11.8 Å². The molecule has 0 saturated carbocycles. The van der Waals surface area contributed by atoms with E-state index in [4.69, 9.17) is 4.74 Å². The number of ether oxygens (including phenoxy) is 1. The monoisotopic (exact) mass is 450 g/mol. The molecule has 7 heteroatoms. The van der Waals surface area contributed by atoms with Crippen LogP contribution in [0.1, 0.15) is 18.9 Å². The van der Waals surface area contributed by atoms with Crippen LogP contribution in [0.3, 0.4) is 0 Å². The maximum Gasteiger partial charge on any atom is 0.244 e. The standard InChI is InChI=1S/C26H34N4O3/c1-21(28-25(31)14-11-22-9-12-24(33-2)13-10-22)26(32)27-15-6-16-29-17-19-30(20-18-29)23-7-4-3-5-8-23/h3-5,7-14,21H,6,15-20H2,1-2H3,(H,27,32)(H,28,31)/b14-11+. The quantitative estimate of drug-likeness (QED) is 0.430. The molecule has 1 fully saturated rings. The fourth-order valence-electron chi connectivity index (χ4n) is 3.75. The lowest BCUT2D eigenvalue weighted by atomic mass is 10.2. The van der Waals surface area contributed by atoms with Crippen LogP contribution >= 0.6 is 0 Å². The summed E-state index contributed by atoms with van der Waals surface area (Å²) in [7, 11) is 1.61. The number of amides is 2. The molecule has 1 aliphatic heterocycles. The van der Waals surface area contributed by atoms with E-state index in [0.29, 0.717) is 6.54 Å². The lowest BCUT2D eigenvalue weighted by Gasteiger charge is -2.36. The van der Waals surface area contributed by atoms with Crippen LogP contribution < -0.4 is 20.3 Å². The highest BCUT2D eigenvalue weighted by Crippen LogP contribution is 2.15. The number of anilines is 1. The molecular weight excluding hydrogens is 416 g/mol. The van der Waals surface area contributed by atoms with Crippen LogP contribution in [0.2, 0.25) is 0 Å². The Morgan fingerprint density at radius 1 is 1.03 bits per heavy atom. The Bertz CT molecular complexity index is 907. The van der Waals surface area contributed by atoms with Crippen molar-refractivity contribution in [1.29, 1.82) is 0 Å². The minimum absolute atomic E-state index is 0.171. The van der Waals surface area contributed by atoms with E-state index in [2.05, 4.69) is 44.7 Å². The second-order valence-electron chi connectivity index (χ2n) is 8.15. The van der Waals surface area contributed by atoms with Crippen LogP contribution in [0.15, 0.2) is 60.7 Å². The summed E-state index contributed by atoms with van der Waals surface area (Å²) >= 11 is 0. The highest BCUT2D eigenvalue weighted by Gasteiger charge is 2.17. The Kier molecular flexibility index (Phi) is 9.32. The second kappa shape index (κ2) is 12.6. The first-order valence-corrected chi connectivity index (χ1v) is 11.5. The van der Waals surface area contributed by atoms with E-state index in [-0.39, 0.29) is 11.8 Å². The van der Waals surface area contributed by atoms with E-state index in [9.17, 15) is 9.59 Å².